The van der Waals surface area contributed by atoms with Gasteiger partial charge in [-0.15, -0.1) is 0 Å². The van der Waals surface area contributed by atoms with E-state index in [0.29, 0.717) is 0 Å². The van der Waals surface area contributed by atoms with Crippen LogP contribution < -0.4 is 24.0 Å². The normalized spacial score (nSPS) is 28.8. The molecule has 0 unspecified atom stereocenters. The molecule has 0 aromatic rings. The van der Waals surface area contributed by atoms with Gasteiger partial charge in [-0.05, 0) is 0 Å². The number of halogens is 1. The average Bonchev–Trinajstić information content (AvgIpc) is 2.55. The second-order valence-corrected chi connectivity index (χ2v) is 6.41. The van der Waals surface area contributed by atoms with Crippen molar-refractivity contribution in [3.8, 4) is 0 Å². The van der Waals surface area contributed by atoms with Crippen LogP contribution in [0.1, 0.15) is 12.8 Å². The summed E-state index contributed by atoms with van der Waals surface area (Å²) in [5, 5.41) is 0. The van der Waals surface area contributed by atoms with Crippen LogP contribution in [0.15, 0.2) is 0 Å². The summed E-state index contributed by atoms with van der Waals surface area (Å²) in [7, 11) is 6.59. The van der Waals surface area contributed by atoms with E-state index in [0.717, 1.165) is 6.04 Å². The Morgan fingerprint density at radius 2 is 1.58 bits per heavy atom. The molecule has 0 saturated carbocycles. The molecule has 2 saturated heterocycles. The predicted molar refractivity (Wildman–Crippen MR) is 53.9 cm³/mol. The van der Waals surface area contributed by atoms with Crippen LogP contribution in [0.25, 0.3) is 0 Å². The molecule has 2 aliphatic heterocycles. The number of likely N-dealkylation sites (tertiary alicyclic amines) is 1. The summed E-state index contributed by atoms with van der Waals surface area (Å²) >= 11 is 0. The fourth-order valence-electron chi connectivity index (χ4n) is 2.08. The third-order valence-corrected chi connectivity index (χ3v) is 5.60. The van der Waals surface area contributed by atoms with Gasteiger partial charge in [-0.3, -0.25) is 0 Å². The molecule has 2 rings (SSSR count). The van der Waals surface area contributed by atoms with E-state index in [1.807, 2.05) is 0 Å². The molecule has 4 heteroatoms. The molecule has 0 amide bonds. The standard InChI is InChI=1S/C8H16NS2.HI/c1-9(4-2-3-5-9)8-6-10-11-7-8;/h8H,2-7H2,1H3;1H/q+1;/p-1. The molecule has 12 heavy (non-hydrogen) atoms. The first-order valence-electron chi connectivity index (χ1n) is 4.40. The largest absolute Gasteiger partial charge is 1.00 e. The summed E-state index contributed by atoms with van der Waals surface area (Å²) < 4.78 is 1.38. The van der Waals surface area contributed by atoms with E-state index >= 15 is 0 Å². The third-order valence-electron chi connectivity index (χ3n) is 3.07. The Balaban J connectivity index is 0.000000720. The number of rotatable bonds is 1. The zero-order chi connectivity index (χ0) is 7.73. The van der Waals surface area contributed by atoms with Crippen LogP contribution in [-0.2, 0) is 0 Å². The van der Waals surface area contributed by atoms with E-state index in [9.17, 15) is 0 Å². The molecule has 0 aliphatic carbocycles. The van der Waals surface area contributed by atoms with Crippen molar-refractivity contribution in [2.45, 2.75) is 18.9 Å². The fourth-order valence-corrected chi connectivity index (χ4v) is 5.22. The van der Waals surface area contributed by atoms with Crippen molar-refractivity contribution in [1.82, 2.24) is 0 Å². The minimum absolute atomic E-state index is 0. The van der Waals surface area contributed by atoms with Gasteiger partial charge in [0.2, 0.25) is 0 Å². The van der Waals surface area contributed by atoms with E-state index in [2.05, 4.69) is 28.6 Å². The van der Waals surface area contributed by atoms with Gasteiger partial charge in [-0.25, -0.2) is 0 Å². The van der Waals surface area contributed by atoms with Crippen molar-refractivity contribution in [3.63, 3.8) is 0 Å². The quantitative estimate of drug-likeness (QED) is 0.346. The maximum absolute atomic E-state index is 2.45. The molecule has 0 atom stereocenters. The summed E-state index contributed by atoms with van der Waals surface area (Å²) in [5.74, 6) is 2.78. The van der Waals surface area contributed by atoms with Gasteiger partial charge >= 0.3 is 0 Å². The summed E-state index contributed by atoms with van der Waals surface area (Å²) in [6.45, 7) is 2.87. The lowest BCUT2D eigenvalue weighted by Gasteiger charge is -2.34. The zero-order valence-electron chi connectivity index (χ0n) is 7.46. The lowest BCUT2D eigenvalue weighted by Crippen LogP contribution is -3.00. The van der Waals surface area contributed by atoms with Crippen LogP contribution in [0.2, 0.25) is 0 Å². The van der Waals surface area contributed by atoms with Gasteiger partial charge in [0.05, 0.1) is 31.6 Å². The molecule has 0 radical (unpaired) electrons. The van der Waals surface area contributed by atoms with Gasteiger partial charge in [0.1, 0.15) is 6.04 Å². The van der Waals surface area contributed by atoms with Crippen LogP contribution in [0, 0.1) is 0 Å². The predicted octanol–water partition coefficient (Wildman–Crippen LogP) is -1.01. The first-order chi connectivity index (χ1) is 5.31. The molecule has 0 aromatic heterocycles. The summed E-state index contributed by atoms with van der Waals surface area (Å²) in [6.07, 6.45) is 2.92. The molecular weight excluding hydrogens is 301 g/mol. The van der Waals surface area contributed by atoms with Crippen molar-refractivity contribution in [1.29, 1.82) is 0 Å². The maximum Gasteiger partial charge on any atom is 0.109 e. The minimum atomic E-state index is 0. The van der Waals surface area contributed by atoms with Crippen LogP contribution in [0.4, 0.5) is 0 Å². The van der Waals surface area contributed by atoms with Crippen LogP contribution in [-0.4, -0.2) is 42.2 Å². The molecule has 2 heterocycles. The van der Waals surface area contributed by atoms with E-state index < -0.39 is 0 Å². The van der Waals surface area contributed by atoms with Crippen LogP contribution >= 0.6 is 21.6 Å². The monoisotopic (exact) mass is 317 g/mol. The molecule has 2 fully saturated rings. The van der Waals surface area contributed by atoms with Gasteiger partial charge < -0.3 is 28.5 Å². The highest BCUT2D eigenvalue weighted by atomic mass is 127. The topological polar surface area (TPSA) is 0 Å². The van der Waals surface area contributed by atoms with Crippen molar-refractivity contribution >= 4 is 21.6 Å². The van der Waals surface area contributed by atoms with Crippen molar-refractivity contribution in [2.75, 3.05) is 31.6 Å². The first kappa shape index (κ1) is 11.5. The maximum atomic E-state index is 2.45. The molecule has 2 aliphatic rings. The molecule has 0 bridgehead atoms. The van der Waals surface area contributed by atoms with Crippen molar-refractivity contribution in [3.05, 3.63) is 0 Å². The second kappa shape index (κ2) is 4.75. The molecular formula is C8H16INS2. The smallest absolute Gasteiger partial charge is 0.109 e. The number of quaternary nitrogens is 1. The Morgan fingerprint density at radius 3 is 2.08 bits per heavy atom. The Bertz CT molecular complexity index is 142. The summed E-state index contributed by atoms with van der Waals surface area (Å²) in [6, 6.07) is 0.965. The SMILES string of the molecule is C[N+]1(C2CSSC2)CCCC1.[I-]. The van der Waals surface area contributed by atoms with Gasteiger partial charge in [0.25, 0.3) is 0 Å². The fraction of sp³-hybridized carbons (Fsp3) is 1.00. The highest BCUT2D eigenvalue weighted by molar-refractivity contribution is 8.77. The Morgan fingerprint density at radius 1 is 1.08 bits per heavy atom. The van der Waals surface area contributed by atoms with E-state index in [-0.39, 0.29) is 24.0 Å². The van der Waals surface area contributed by atoms with E-state index in [1.54, 1.807) is 0 Å². The molecule has 72 valence electrons. The highest BCUT2D eigenvalue weighted by Gasteiger charge is 2.37. The lowest BCUT2D eigenvalue weighted by molar-refractivity contribution is -0.916. The van der Waals surface area contributed by atoms with E-state index in [1.165, 1.54) is 41.9 Å². The molecule has 1 nitrogen and oxygen atoms in total. The summed E-state index contributed by atoms with van der Waals surface area (Å²) in [4.78, 5) is 0. The van der Waals surface area contributed by atoms with Gasteiger partial charge in [0, 0.05) is 12.8 Å². The number of hydrogen-bond donors (Lipinski definition) is 0. The second-order valence-electron chi connectivity index (χ2n) is 3.86. The van der Waals surface area contributed by atoms with Crippen molar-refractivity contribution < 1.29 is 28.5 Å². The van der Waals surface area contributed by atoms with E-state index in [4.69, 9.17) is 0 Å². The average molecular weight is 317 g/mol. The lowest BCUT2D eigenvalue weighted by atomic mass is 10.3. The Hall–Kier alpha value is 1.39. The molecule has 0 aromatic carbocycles. The zero-order valence-corrected chi connectivity index (χ0v) is 11.3. The van der Waals surface area contributed by atoms with Crippen LogP contribution in [0.5, 0.6) is 0 Å². The first-order valence-corrected chi connectivity index (χ1v) is 6.89. The number of nitrogens with zero attached hydrogens (tertiary/aromatic N) is 1. The summed E-state index contributed by atoms with van der Waals surface area (Å²) in [5.41, 5.74) is 0. The third kappa shape index (κ3) is 2.25. The molecule has 0 N–H and O–H groups in total. The van der Waals surface area contributed by atoms with Gasteiger partial charge in [-0.2, -0.15) is 0 Å². The minimum Gasteiger partial charge on any atom is -1.00 e. The van der Waals surface area contributed by atoms with Crippen molar-refractivity contribution in [2.24, 2.45) is 0 Å². The van der Waals surface area contributed by atoms with Gasteiger partial charge in [0.15, 0.2) is 0 Å². The molecule has 0 spiro atoms. The van der Waals surface area contributed by atoms with Gasteiger partial charge in [-0.1, -0.05) is 21.6 Å². The number of hydrogen-bond acceptors (Lipinski definition) is 2. The highest BCUT2D eigenvalue weighted by Crippen LogP contribution is 2.37. The Kier molecular flexibility index (Phi) is 4.54. The van der Waals surface area contributed by atoms with Crippen LogP contribution in [0.3, 0.4) is 0 Å². The Labute approximate surface area is 100 Å².